The first-order valence-corrected chi connectivity index (χ1v) is 7.86. The summed E-state index contributed by atoms with van der Waals surface area (Å²) in [6.07, 6.45) is 4.69. The van der Waals surface area contributed by atoms with Gasteiger partial charge in [0, 0.05) is 13.1 Å². The molecule has 1 aromatic carbocycles. The van der Waals surface area contributed by atoms with Gasteiger partial charge in [-0.1, -0.05) is 19.3 Å². The predicted octanol–water partition coefficient (Wildman–Crippen LogP) is 4.70. The van der Waals surface area contributed by atoms with Crippen LogP contribution in [0.1, 0.15) is 48.2 Å². The van der Waals surface area contributed by atoms with Gasteiger partial charge in [0.1, 0.15) is 5.76 Å². The Morgan fingerprint density at radius 3 is 2.21 bits per heavy atom. The van der Waals surface area contributed by atoms with E-state index in [9.17, 15) is 22.4 Å². The molecule has 2 aromatic rings. The van der Waals surface area contributed by atoms with Gasteiger partial charge in [-0.05, 0) is 19.8 Å². The minimum Gasteiger partial charge on any atom is -0.457 e. The number of aryl methyl sites for hydroxylation is 1. The van der Waals surface area contributed by atoms with Crippen LogP contribution >= 0.6 is 0 Å². The van der Waals surface area contributed by atoms with E-state index in [1.54, 1.807) is 7.05 Å². The number of nitrogens with zero attached hydrogens (tertiary/aromatic N) is 1. The molecule has 0 unspecified atom stereocenters. The number of carbonyl (C=O) groups is 1. The maximum absolute atomic E-state index is 14.2. The van der Waals surface area contributed by atoms with Crippen molar-refractivity contribution in [3.63, 3.8) is 0 Å². The Hall–Kier alpha value is -2.05. The minimum atomic E-state index is -1.95. The van der Waals surface area contributed by atoms with E-state index in [2.05, 4.69) is 0 Å². The Labute approximate surface area is 136 Å². The lowest BCUT2D eigenvalue weighted by atomic mass is 9.94. The van der Waals surface area contributed by atoms with Crippen LogP contribution in [-0.2, 0) is 0 Å². The lowest BCUT2D eigenvalue weighted by Gasteiger charge is -2.31. The summed E-state index contributed by atoms with van der Waals surface area (Å²) in [7, 11) is 1.57. The predicted molar refractivity (Wildman–Crippen MR) is 79.7 cm³/mol. The second-order valence-electron chi connectivity index (χ2n) is 6.20. The molecule has 24 heavy (non-hydrogen) atoms. The molecule has 0 atom stereocenters. The standard InChI is InChI=1S/C17H17F4NO2/c1-8-10(17(23)22(2)9-6-4-3-5-7-9)11-12(18)13(19)14(20)15(21)16(11)24-8/h9H,3-7H2,1-2H3. The summed E-state index contributed by atoms with van der Waals surface area (Å²) in [6, 6.07) is -0.0196. The van der Waals surface area contributed by atoms with Crippen LogP contribution < -0.4 is 0 Å². The molecule has 1 aliphatic carbocycles. The molecular weight excluding hydrogens is 326 g/mol. The topological polar surface area (TPSA) is 33.5 Å². The molecule has 3 rings (SSSR count). The second kappa shape index (κ2) is 6.11. The molecule has 7 heteroatoms. The smallest absolute Gasteiger partial charge is 0.258 e. The van der Waals surface area contributed by atoms with Gasteiger partial charge >= 0.3 is 0 Å². The molecule has 0 N–H and O–H groups in total. The maximum Gasteiger partial charge on any atom is 0.258 e. The van der Waals surface area contributed by atoms with E-state index in [0.29, 0.717) is 0 Å². The van der Waals surface area contributed by atoms with Gasteiger partial charge in [0.2, 0.25) is 11.6 Å². The van der Waals surface area contributed by atoms with Crippen LogP contribution in [-0.4, -0.2) is 23.9 Å². The molecule has 0 saturated heterocycles. The normalized spacial score (nSPS) is 15.9. The van der Waals surface area contributed by atoms with Gasteiger partial charge in [-0.2, -0.15) is 4.39 Å². The van der Waals surface area contributed by atoms with E-state index in [4.69, 9.17) is 4.42 Å². The summed E-state index contributed by atoms with van der Waals surface area (Å²) in [5, 5.41) is -0.642. The van der Waals surface area contributed by atoms with Crippen molar-refractivity contribution in [2.75, 3.05) is 7.05 Å². The van der Waals surface area contributed by atoms with Crippen molar-refractivity contribution in [1.29, 1.82) is 0 Å². The largest absolute Gasteiger partial charge is 0.457 e. The third-order valence-electron chi connectivity index (χ3n) is 4.74. The Morgan fingerprint density at radius 1 is 1.00 bits per heavy atom. The molecule has 3 nitrogen and oxygen atoms in total. The van der Waals surface area contributed by atoms with Crippen molar-refractivity contribution in [3.05, 3.63) is 34.6 Å². The summed E-state index contributed by atoms with van der Waals surface area (Å²) in [5.41, 5.74) is -1.03. The zero-order valence-electron chi connectivity index (χ0n) is 13.4. The molecule has 0 radical (unpaired) electrons. The number of benzene rings is 1. The van der Waals surface area contributed by atoms with Crippen LogP contribution in [0.3, 0.4) is 0 Å². The number of halogens is 4. The lowest BCUT2D eigenvalue weighted by Crippen LogP contribution is -2.38. The average molecular weight is 343 g/mol. The average Bonchev–Trinajstić information content (AvgIpc) is 2.95. The fourth-order valence-electron chi connectivity index (χ4n) is 3.38. The second-order valence-corrected chi connectivity index (χ2v) is 6.20. The number of rotatable bonds is 2. The minimum absolute atomic E-state index is 0.0196. The molecule has 1 aromatic heterocycles. The zero-order chi connectivity index (χ0) is 17.6. The Kier molecular flexibility index (Phi) is 4.27. The molecule has 1 saturated carbocycles. The number of amides is 1. The van der Waals surface area contributed by atoms with Crippen LogP contribution in [0.4, 0.5) is 17.6 Å². The van der Waals surface area contributed by atoms with Crippen molar-refractivity contribution in [2.24, 2.45) is 0 Å². The highest BCUT2D eigenvalue weighted by Crippen LogP contribution is 2.34. The molecule has 0 bridgehead atoms. The highest BCUT2D eigenvalue weighted by molar-refractivity contribution is 6.07. The van der Waals surface area contributed by atoms with Gasteiger partial charge < -0.3 is 9.32 Å². The summed E-state index contributed by atoms with van der Waals surface area (Å²) in [4.78, 5) is 14.2. The highest BCUT2D eigenvalue weighted by atomic mass is 19.2. The van der Waals surface area contributed by atoms with Crippen LogP contribution in [0.25, 0.3) is 11.0 Å². The first-order valence-electron chi connectivity index (χ1n) is 7.86. The van der Waals surface area contributed by atoms with Gasteiger partial charge in [0.15, 0.2) is 17.2 Å². The summed E-state index contributed by atoms with van der Waals surface area (Å²) in [5.74, 6) is -7.79. The summed E-state index contributed by atoms with van der Waals surface area (Å²) in [6.45, 7) is 1.34. The van der Waals surface area contributed by atoms with Gasteiger partial charge in [-0.25, -0.2) is 13.2 Å². The van der Waals surface area contributed by atoms with E-state index in [1.165, 1.54) is 11.8 Å². The molecule has 0 aliphatic heterocycles. The Morgan fingerprint density at radius 2 is 1.58 bits per heavy atom. The van der Waals surface area contributed by atoms with Gasteiger partial charge in [0.05, 0.1) is 10.9 Å². The molecule has 130 valence electrons. The van der Waals surface area contributed by atoms with E-state index in [0.717, 1.165) is 32.1 Å². The van der Waals surface area contributed by atoms with E-state index >= 15 is 0 Å². The van der Waals surface area contributed by atoms with Gasteiger partial charge in [0.25, 0.3) is 5.91 Å². The van der Waals surface area contributed by atoms with Crippen molar-refractivity contribution in [1.82, 2.24) is 4.90 Å². The number of fused-ring (bicyclic) bond motifs is 1. The van der Waals surface area contributed by atoms with E-state index in [1.807, 2.05) is 0 Å². The Bertz CT molecular complexity index is 809. The number of hydrogen-bond acceptors (Lipinski definition) is 2. The first kappa shape index (κ1) is 16.8. The van der Waals surface area contributed by atoms with Crippen LogP contribution in [0, 0.1) is 30.2 Å². The van der Waals surface area contributed by atoms with Crippen LogP contribution in [0.5, 0.6) is 0 Å². The number of furan rings is 1. The molecular formula is C17H17F4NO2. The SMILES string of the molecule is Cc1oc2c(F)c(F)c(F)c(F)c2c1C(=O)N(C)C1CCCCC1. The third-order valence-corrected chi connectivity index (χ3v) is 4.74. The van der Waals surface area contributed by atoms with Crippen LogP contribution in [0.2, 0.25) is 0 Å². The lowest BCUT2D eigenvalue weighted by molar-refractivity contribution is 0.0696. The fourth-order valence-corrected chi connectivity index (χ4v) is 3.38. The van der Waals surface area contributed by atoms with Gasteiger partial charge in [-0.3, -0.25) is 4.79 Å². The van der Waals surface area contributed by atoms with Crippen molar-refractivity contribution >= 4 is 16.9 Å². The molecule has 0 spiro atoms. The quantitative estimate of drug-likeness (QED) is 0.450. The number of hydrogen-bond donors (Lipinski definition) is 0. The first-order chi connectivity index (χ1) is 11.3. The molecule has 1 heterocycles. The van der Waals surface area contributed by atoms with E-state index < -0.39 is 40.1 Å². The highest BCUT2D eigenvalue weighted by Gasteiger charge is 2.32. The summed E-state index contributed by atoms with van der Waals surface area (Å²) >= 11 is 0. The maximum atomic E-state index is 14.2. The molecule has 1 amide bonds. The third kappa shape index (κ3) is 2.46. The van der Waals surface area contributed by atoms with Gasteiger partial charge in [-0.15, -0.1) is 0 Å². The zero-order valence-corrected chi connectivity index (χ0v) is 13.4. The monoisotopic (exact) mass is 343 g/mol. The molecule has 1 fully saturated rings. The fraction of sp³-hybridized carbons (Fsp3) is 0.471. The van der Waals surface area contributed by atoms with Crippen molar-refractivity contribution < 1.29 is 26.8 Å². The van der Waals surface area contributed by atoms with E-state index in [-0.39, 0.29) is 17.4 Å². The number of carbonyl (C=O) groups excluding carboxylic acids is 1. The summed E-state index contributed by atoms with van der Waals surface area (Å²) < 4.78 is 60.0. The van der Waals surface area contributed by atoms with Crippen molar-refractivity contribution in [3.8, 4) is 0 Å². The molecule has 1 aliphatic rings. The Balaban J connectivity index is 2.12. The van der Waals surface area contributed by atoms with Crippen LogP contribution in [0.15, 0.2) is 4.42 Å². The van der Waals surface area contributed by atoms with Crippen molar-refractivity contribution in [2.45, 2.75) is 45.1 Å².